The molecule has 110 valence electrons. The Labute approximate surface area is 123 Å². The van der Waals surface area contributed by atoms with Crippen molar-refractivity contribution < 1.29 is 13.2 Å². The van der Waals surface area contributed by atoms with Crippen LogP contribution in [-0.2, 0) is 10.0 Å². The third-order valence-corrected chi connectivity index (χ3v) is 4.61. The van der Waals surface area contributed by atoms with Crippen LogP contribution in [0.25, 0.3) is 0 Å². The van der Waals surface area contributed by atoms with Gasteiger partial charge < -0.3 is 5.32 Å². The van der Waals surface area contributed by atoms with Crippen molar-refractivity contribution in [3.63, 3.8) is 0 Å². The smallest absolute Gasteiger partial charge is 0.257 e. The molecule has 1 aromatic heterocycles. The third kappa shape index (κ3) is 3.45. The predicted molar refractivity (Wildman–Crippen MR) is 79.5 cm³/mol. The summed E-state index contributed by atoms with van der Waals surface area (Å²) in [6.45, 7) is 0. The minimum Gasteiger partial charge on any atom is -0.322 e. The van der Waals surface area contributed by atoms with Gasteiger partial charge in [-0.05, 0) is 30.3 Å². The molecule has 7 heteroatoms. The van der Waals surface area contributed by atoms with Gasteiger partial charge in [0, 0.05) is 32.2 Å². The summed E-state index contributed by atoms with van der Waals surface area (Å²) < 4.78 is 25.2. The lowest BCUT2D eigenvalue weighted by Gasteiger charge is -2.12. The maximum Gasteiger partial charge on any atom is 0.257 e. The van der Waals surface area contributed by atoms with Crippen LogP contribution >= 0.6 is 0 Å². The molecule has 21 heavy (non-hydrogen) atoms. The molecule has 1 N–H and O–H groups in total. The van der Waals surface area contributed by atoms with Crippen molar-refractivity contribution in [2.24, 2.45) is 0 Å². The van der Waals surface area contributed by atoms with E-state index >= 15 is 0 Å². The highest BCUT2D eigenvalue weighted by Gasteiger charge is 2.17. The number of nitrogens with one attached hydrogen (secondary N) is 1. The standard InChI is InChI=1S/C14H15N3O3S/c1-17(2)21(19,20)13-7-3-6-12(9-13)16-14(18)11-5-4-8-15-10-11/h3-10H,1-2H3,(H,16,18). The highest BCUT2D eigenvalue weighted by Crippen LogP contribution is 2.18. The summed E-state index contributed by atoms with van der Waals surface area (Å²) >= 11 is 0. The van der Waals surface area contributed by atoms with Crippen molar-refractivity contribution in [3.05, 3.63) is 54.4 Å². The molecule has 0 unspecified atom stereocenters. The zero-order valence-corrected chi connectivity index (χ0v) is 12.5. The molecule has 2 aromatic rings. The third-order valence-electron chi connectivity index (χ3n) is 2.79. The van der Waals surface area contributed by atoms with E-state index in [2.05, 4.69) is 10.3 Å². The van der Waals surface area contributed by atoms with Crippen LogP contribution in [0.3, 0.4) is 0 Å². The zero-order valence-electron chi connectivity index (χ0n) is 11.6. The van der Waals surface area contributed by atoms with Crippen LogP contribution in [0.4, 0.5) is 5.69 Å². The number of aromatic nitrogens is 1. The number of hydrogen-bond acceptors (Lipinski definition) is 4. The van der Waals surface area contributed by atoms with Gasteiger partial charge in [-0.3, -0.25) is 9.78 Å². The molecule has 0 aliphatic heterocycles. The van der Waals surface area contributed by atoms with Crippen LogP contribution in [0.1, 0.15) is 10.4 Å². The number of carbonyl (C=O) groups excluding carboxylic acids is 1. The van der Waals surface area contributed by atoms with Gasteiger partial charge in [0.05, 0.1) is 10.5 Å². The Bertz CT molecular complexity index is 743. The molecular formula is C14H15N3O3S. The van der Waals surface area contributed by atoms with Gasteiger partial charge in [0.15, 0.2) is 0 Å². The molecule has 1 amide bonds. The van der Waals surface area contributed by atoms with Crippen LogP contribution in [0.15, 0.2) is 53.7 Å². The summed E-state index contributed by atoms with van der Waals surface area (Å²) in [5, 5.41) is 2.65. The number of nitrogens with zero attached hydrogens (tertiary/aromatic N) is 2. The Morgan fingerprint density at radius 3 is 2.57 bits per heavy atom. The Hall–Kier alpha value is -2.25. The van der Waals surface area contributed by atoms with E-state index in [0.29, 0.717) is 11.3 Å². The van der Waals surface area contributed by atoms with Crippen molar-refractivity contribution in [2.45, 2.75) is 4.90 Å². The molecule has 0 aliphatic rings. The van der Waals surface area contributed by atoms with Gasteiger partial charge in [0.2, 0.25) is 10.0 Å². The van der Waals surface area contributed by atoms with Crippen LogP contribution in [0.5, 0.6) is 0 Å². The van der Waals surface area contributed by atoms with Crippen molar-refractivity contribution in [2.75, 3.05) is 19.4 Å². The summed E-state index contributed by atoms with van der Waals surface area (Å²) in [6, 6.07) is 9.39. The fourth-order valence-electron chi connectivity index (χ4n) is 1.65. The van der Waals surface area contributed by atoms with Gasteiger partial charge in [0.1, 0.15) is 0 Å². The minimum atomic E-state index is -3.53. The van der Waals surface area contributed by atoms with Crippen LogP contribution in [0, 0.1) is 0 Å². The van der Waals surface area contributed by atoms with Gasteiger partial charge in [0.25, 0.3) is 5.91 Å². The quantitative estimate of drug-likeness (QED) is 0.930. The van der Waals surface area contributed by atoms with Crippen molar-refractivity contribution in [1.29, 1.82) is 0 Å². The number of carbonyl (C=O) groups is 1. The molecule has 0 spiro atoms. The fourth-order valence-corrected chi connectivity index (χ4v) is 2.59. The maximum absolute atomic E-state index is 12.0. The van der Waals surface area contributed by atoms with E-state index in [4.69, 9.17) is 0 Å². The summed E-state index contributed by atoms with van der Waals surface area (Å²) in [4.78, 5) is 16.0. The molecule has 1 heterocycles. The van der Waals surface area contributed by atoms with Crippen molar-refractivity contribution in [3.8, 4) is 0 Å². The molecular weight excluding hydrogens is 290 g/mol. The van der Waals surface area contributed by atoms with Crippen molar-refractivity contribution >= 4 is 21.6 Å². The lowest BCUT2D eigenvalue weighted by atomic mass is 10.2. The normalized spacial score (nSPS) is 11.4. The van der Waals surface area contributed by atoms with Gasteiger partial charge in [-0.2, -0.15) is 0 Å². The topological polar surface area (TPSA) is 79.4 Å². The lowest BCUT2D eigenvalue weighted by Crippen LogP contribution is -2.22. The first-order valence-corrected chi connectivity index (χ1v) is 7.59. The SMILES string of the molecule is CN(C)S(=O)(=O)c1cccc(NC(=O)c2cccnc2)c1. The first kappa shape index (κ1) is 15.1. The Morgan fingerprint density at radius 2 is 1.95 bits per heavy atom. The second-order valence-electron chi connectivity index (χ2n) is 4.51. The van der Waals surface area contributed by atoms with Gasteiger partial charge >= 0.3 is 0 Å². The van der Waals surface area contributed by atoms with Crippen molar-refractivity contribution in [1.82, 2.24) is 9.29 Å². The number of pyridine rings is 1. The molecule has 0 aliphatic carbocycles. The number of anilines is 1. The minimum absolute atomic E-state index is 0.122. The summed E-state index contributed by atoms with van der Waals surface area (Å²) in [5.74, 6) is -0.345. The van der Waals surface area contributed by atoms with Crippen LogP contribution < -0.4 is 5.32 Å². The summed E-state index contributed by atoms with van der Waals surface area (Å²) in [7, 11) is -0.621. The van der Waals surface area contributed by atoms with E-state index in [1.54, 1.807) is 30.5 Å². The predicted octanol–water partition coefficient (Wildman–Crippen LogP) is 1.58. The van der Waals surface area contributed by atoms with E-state index in [0.717, 1.165) is 4.31 Å². The molecule has 0 fully saturated rings. The van der Waals surface area contributed by atoms with Crippen LogP contribution in [-0.4, -0.2) is 37.7 Å². The van der Waals surface area contributed by atoms with E-state index in [9.17, 15) is 13.2 Å². The second kappa shape index (κ2) is 6.02. The molecule has 0 radical (unpaired) electrons. The fraction of sp³-hybridized carbons (Fsp3) is 0.143. The molecule has 6 nitrogen and oxygen atoms in total. The molecule has 0 saturated heterocycles. The Morgan fingerprint density at radius 1 is 1.19 bits per heavy atom. The number of benzene rings is 1. The largest absolute Gasteiger partial charge is 0.322 e. The summed E-state index contributed by atoms with van der Waals surface area (Å²) in [6.07, 6.45) is 3.01. The monoisotopic (exact) mass is 305 g/mol. The Kier molecular flexibility index (Phi) is 4.35. The van der Waals surface area contributed by atoms with E-state index < -0.39 is 10.0 Å². The van der Waals surface area contributed by atoms with Gasteiger partial charge in [-0.1, -0.05) is 6.07 Å². The molecule has 0 bridgehead atoms. The first-order valence-electron chi connectivity index (χ1n) is 6.15. The number of rotatable bonds is 4. The first-order chi connectivity index (χ1) is 9.91. The van der Waals surface area contributed by atoms with Gasteiger partial charge in [-0.15, -0.1) is 0 Å². The molecule has 1 aromatic carbocycles. The average Bonchev–Trinajstić information content (AvgIpc) is 2.48. The average molecular weight is 305 g/mol. The van der Waals surface area contributed by atoms with Gasteiger partial charge in [-0.25, -0.2) is 12.7 Å². The number of amides is 1. The summed E-state index contributed by atoms with van der Waals surface area (Å²) in [5.41, 5.74) is 0.810. The van der Waals surface area contributed by atoms with E-state index in [1.807, 2.05) is 0 Å². The highest BCUT2D eigenvalue weighted by molar-refractivity contribution is 7.89. The number of sulfonamides is 1. The highest BCUT2D eigenvalue weighted by atomic mass is 32.2. The zero-order chi connectivity index (χ0) is 15.5. The molecule has 2 rings (SSSR count). The van der Waals surface area contributed by atoms with E-state index in [1.165, 1.54) is 32.4 Å². The van der Waals surface area contributed by atoms with Crippen LogP contribution in [0.2, 0.25) is 0 Å². The second-order valence-corrected chi connectivity index (χ2v) is 6.66. The lowest BCUT2D eigenvalue weighted by molar-refractivity contribution is 0.102. The molecule has 0 atom stereocenters. The molecule has 0 saturated carbocycles. The number of hydrogen-bond donors (Lipinski definition) is 1. The maximum atomic E-state index is 12.0. The Balaban J connectivity index is 2.25. The van der Waals surface area contributed by atoms with E-state index in [-0.39, 0.29) is 10.8 Å².